The van der Waals surface area contributed by atoms with Crippen molar-refractivity contribution in [2.75, 3.05) is 36.4 Å². The van der Waals surface area contributed by atoms with Gasteiger partial charge in [-0.3, -0.25) is 4.79 Å². The summed E-state index contributed by atoms with van der Waals surface area (Å²) in [5.74, 6) is 0.0284. The van der Waals surface area contributed by atoms with Crippen LogP contribution < -0.4 is 10.2 Å². The van der Waals surface area contributed by atoms with Crippen LogP contribution in [0, 0.1) is 11.7 Å². The first kappa shape index (κ1) is 21.3. The Balaban J connectivity index is 1.32. The van der Waals surface area contributed by atoms with Gasteiger partial charge in [0.15, 0.2) is 0 Å². The molecule has 1 saturated heterocycles. The molecule has 0 aliphatic carbocycles. The number of sulfonamides is 1. The van der Waals surface area contributed by atoms with Gasteiger partial charge in [0.2, 0.25) is 5.91 Å². The molecule has 164 valence electrons. The maximum atomic E-state index is 14.0. The van der Waals surface area contributed by atoms with Crippen LogP contribution >= 0.6 is 0 Å². The number of nitrogens with zero attached hydrogens (tertiary/aromatic N) is 3. The van der Waals surface area contributed by atoms with Gasteiger partial charge in [-0.2, -0.15) is 8.42 Å². The maximum Gasteiger partial charge on any atom is 0.286 e. The quantitative estimate of drug-likeness (QED) is 0.766. The molecule has 1 amide bonds. The van der Waals surface area contributed by atoms with E-state index < -0.39 is 10.0 Å². The van der Waals surface area contributed by atoms with E-state index >= 15 is 0 Å². The van der Waals surface area contributed by atoms with Crippen molar-refractivity contribution in [2.45, 2.75) is 24.7 Å². The van der Waals surface area contributed by atoms with E-state index in [2.05, 4.69) is 9.71 Å². The third kappa shape index (κ3) is 4.71. The monoisotopic (exact) mass is 444 g/mol. The molecule has 0 bridgehead atoms. The molecule has 1 unspecified atom stereocenters. The maximum absolute atomic E-state index is 14.0. The number of hydrogen-bond donors (Lipinski definition) is 1. The molecule has 2 aliphatic heterocycles. The predicted octanol–water partition coefficient (Wildman–Crippen LogP) is 3.10. The first-order chi connectivity index (χ1) is 14.8. The van der Waals surface area contributed by atoms with Crippen LogP contribution in [0.4, 0.5) is 15.8 Å². The van der Waals surface area contributed by atoms with Crippen LogP contribution in [0.2, 0.25) is 0 Å². The van der Waals surface area contributed by atoms with E-state index in [0.29, 0.717) is 56.2 Å². The number of piperazine rings is 1. The van der Waals surface area contributed by atoms with E-state index in [0.717, 1.165) is 0 Å². The van der Waals surface area contributed by atoms with Crippen LogP contribution in [-0.2, 0) is 14.8 Å². The molecule has 1 fully saturated rings. The Kier molecular flexibility index (Phi) is 5.95. The van der Waals surface area contributed by atoms with Crippen molar-refractivity contribution in [1.82, 2.24) is 4.90 Å². The molecular weight excluding hydrogens is 419 g/mol. The number of rotatable bonds is 5. The first-order valence-corrected chi connectivity index (χ1v) is 11.7. The highest BCUT2D eigenvalue weighted by Crippen LogP contribution is 2.28. The van der Waals surface area contributed by atoms with E-state index in [1.807, 2.05) is 11.8 Å². The molecule has 0 saturated carbocycles. The number of carbonyl (C=O) groups excluding carboxylic acids is 1. The van der Waals surface area contributed by atoms with Crippen LogP contribution in [-0.4, -0.2) is 51.2 Å². The van der Waals surface area contributed by atoms with Gasteiger partial charge in [0.05, 0.1) is 11.4 Å². The summed E-state index contributed by atoms with van der Waals surface area (Å²) in [7, 11) is -3.73. The lowest BCUT2D eigenvalue weighted by molar-refractivity contribution is -0.132. The van der Waals surface area contributed by atoms with Gasteiger partial charge in [-0.05, 0) is 30.2 Å². The number of fused-ring (bicyclic) bond motifs is 1. The first-order valence-electron chi connectivity index (χ1n) is 10.3. The summed E-state index contributed by atoms with van der Waals surface area (Å²) in [6.45, 7) is 4.11. The van der Waals surface area contributed by atoms with E-state index in [-0.39, 0.29) is 22.5 Å². The Hall–Kier alpha value is -2.94. The molecule has 7 nitrogen and oxygen atoms in total. The van der Waals surface area contributed by atoms with Gasteiger partial charge in [-0.1, -0.05) is 31.2 Å². The number of hydrogen-bond acceptors (Lipinski definition) is 5. The molecule has 4 rings (SSSR count). The number of halogens is 1. The summed E-state index contributed by atoms with van der Waals surface area (Å²) in [4.78, 5) is 16.6. The lowest BCUT2D eigenvalue weighted by Crippen LogP contribution is -2.49. The summed E-state index contributed by atoms with van der Waals surface area (Å²) >= 11 is 0. The zero-order valence-corrected chi connectivity index (χ0v) is 18.1. The van der Waals surface area contributed by atoms with Crippen LogP contribution in [0.15, 0.2) is 57.8 Å². The Bertz CT molecular complexity index is 1110. The largest absolute Gasteiger partial charge is 0.366 e. The van der Waals surface area contributed by atoms with Gasteiger partial charge < -0.3 is 15.1 Å². The summed E-state index contributed by atoms with van der Waals surface area (Å²) in [6, 6.07) is 13.3. The fourth-order valence-corrected chi connectivity index (χ4v) is 5.15. The minimum absolute atomic E-state index is 0.0142. The van der Waals surface area contributed by atoms with Crippen LogP contribution in [0.5, 0.6) is 0 Å². The smallest absolute Gasteiger partial charge is 0.286 e. The summed E-state index contributed by atoms with van der Waals surface area (Å²) in [5, 5.41) is 3.07. The number of para-hydroxylation sites is 2. The molecule has 2 aromatic rings. The number of amidine groups is 1. The molecular formula is C22H25FN4O3S. The minimum atomic E-state index is -3.73. The zero-order chi connectivity index (χ0) is 22.0. The van der Waals surface area contributed by atoms with Crippen molar-refractivity contribution in [2.24, 2.45) is 10.3 Å². The van der Waals surface area contributed by atoms with Crippen molar-refractivity contribution in [1.29, 1.82) is 0 Å². The van der Waals surface area contributed by atoms with E-state index in [9.17, 15) is 17.6 Å². The predicted molar refractivity (Wildman–Crippen MR) is 118 cm³/mol. The lowest BCUT2D eigenvalue weighted by atomic mass is 10.0. The van der Waals surface area contributed by atoms with E-state index in [1.54, 1.807) is 41.3 Å². The standard InChI is InChI=1S/C22H25FN4O3S/c1-16(14-21-24-18-7-3-5-9-20(18)31(29,30)25-21)15-22(28)27-12-10-26(11-13-27)19-8-4-2-6-17(19)23/h2-9,16H,10-15H2,1H3,(H,24,25). The van der Waals surface area contributed by atoms with Gasteiger partial charge in [0, 0.05) is 39.0 Å². The molecule has 1 atom stereocenters. The SMILES string of the molecule is CC(CC(=O)N1CCN(c2ccccc2F)CC1)CC1=NS(=O)(=O)c2ccccc2N1. The molecule has 0 aromatic heterocycles. The second kappa shape index (κ2) is 8.66. The highest BCUT2D eigenvalue weighted by molar-refractivity contribution is 7.90. The molecule has 2 aromatic carbocycles. The summed E-state index contributed by atoms with van der Waals surface area (Å²) < 4.78 is 42.6. The van der Waals surface area contributed by atoms with Gasteiger partial charge in [0.1, 0.15) is 16.5 Å². The second-order valence-electron chi connectivity index (χ2n) is 7.97. The van der Waals surface area contributed by atoms with Gasteiger partial charge in [0.25, 0.3) is 10.0 Å². The highest BCUT2D eigenvalue weighted by atomic mass is 32.2. The third-order valence-corrected chi connectivity index (χ3v) is 6.94. The van der Waals surface area contributed by atoms with Crippen LogP contribution in [0.1, 0.15) is 19.8 Å². The Morgan fingerprint density at radius 2 is 1.77 bits per heavy atom. The fraction of sp³-hybridized carbons (Fsp3) is 0.364. The molecule has 2 aliphatic rings. The van der Waals surface area contributed by atoms with Crippen molar-refractivity contribution in [3.63, 3.8) is 0 Å². The Morgan fingerprint density at radius 3 is 2.52 bits per heavy atom. The number of anilines is 2. The molecule has 2 heterocycles. The number of amides is 1. The third-order valence-electron chi connectivity index (χ3n) is 5.56. The van der Waals surface area contributed by atoms with Gasteiger partial charge in [-0.25, -0.2) is 4.39 Å². The van der Waals surface area contributed by atoms with Gasteiger partial charge in [-0.15, -0.1) is 4.40 Å². The average molecular weight is 445 g/mol. The van der Waals surface area contributed by atoms with Crippen molar-refractivity contribution in [3.8, 4) is 0 Å². The average Bonchev–Trinajstić information content (AvgIpc) is 2.73. The normalized spacial score (nSPS) is 18.6. The molecule has 31 heavy (non-hydrogen) atoms. The summed E-state index contributed by atoms with van der Waals surface area (Å²) in [6.07, 6.45) is 0.649. The second-order valence-corrected chi connectivity index (χ2v) is 9.54. The van der Waals surface area contributed by atoms with Crippen molar-refractivity contribution >= 4 is 33.1 Å². The van der Waals surface area contributed by atoms with Gasteiger partial charge >= 0.3 is 0 Å². The summed E-state index contributed by atoms with van der Waals surface area (Å²) in [5.41, 5.74) is 1.07. The number of nitrogens with one attached hydrogen (secondary N) is 1. The molecule has 9 heteroatoms. The molecule has 0 spiro atoms. The Labute approximate surface area is 181 Å². The van der Waals surface area contributed by atoms with Crippen LogP contribution in [0.25, 0.3) is 0 Å². The molecule has 0 radical (unpaired) electrons. The van der Waals surface area contributed by atoms with Crippen molar-refractivity contribution in [3.05, 3.63) is 54.3 Å². The minimum Gasteiger partial charge on any atom is -0.366 e. The highest BCUT2D eigenvalue weighted by Gasteiger charge is 2.27. The Morgan fingerprint density at radius 1 is 1.10 bits per heavy atom. The topological polar surface area (TPSA) is 82.1 Å². The number of benzene rings is 2. The van der Waals surface area contributed by atoms with E-state index in [1.165, 1.54) is 12.1 Å². The van der Waals surface area contributed by atoms with Crippen LogP contribution in [0.3, 0.4) is 0 Å². The van der Waals surface area contributed by atoms with Crippen molar-refractivity contribution < 1.29 is 17.6 Å². The fourth-order valence-electron chi connectivity index (χ4n) is 3.99. The lowest BCUT2D eigenvalue weighted by Gasteiger charge is -2.36. The number of carbonyl (C=O) groups is 1. The molecule has 1 N–H and O–H groups in total. The van der Waals surface area contributed by atoms with E-state index in [4.69, 9.17) is 0 Å². The zero-order valence-electron chi connectivity index (χ0n) is 17.3.